The molecule has 0 spiro atoms. The van der Waals surface area contributed by atoms with Gasteiger partial charge in [0.15, 0.2) is 12.4 Å². The first-order valence-electron chi connectivity index (χ1n) is 4.47. The van der Waals surface area contributed by atoms with E-state index >= 15 is 0 Å². The van der Waals surface area contributed by atoms with Crippen LogP contribution >= 0.6 is 20.7 Å². The van der Waals surface area contributed by atoms with Crippen LogP contribution in [0, 0.1) is 0 Å². The molecule has 13 heavy (non-hydrogen) atoms. The molecular formula is C8H19NO2PS+. The number of hydrogen-bond donors (Lipinski definition) is 2. The van der Waals surface area contributed by atoms with Gasteiger partial charge in [-0.2, -0.15) is 12.6 Å². The summed E-state index contributed by atoms with van der Waals surface area (Å²) in [6, 6.07) is 0. The van der Waals surface area contributed by atoms with Gasteiger partial charge in [0.25, 0.3) is 0 Å². The van der Waals surface area contributed by atoms with Crippen molar-refractivity contribution in [2.45, 2.75) is 44.6 Å². The van der Waals surface area contributed by atoms with E-state index in [-0.39, 0.29) is 0 Å². The Labute approximate surface area is 86.7 Å². The zero-order valence-electron chi connectivity index (χ0n) is 8.49. The maximum Gasteiger partial charge on any atom is 0.509 e. The summed E-state index contributed by atoms with van der Waals surface area (Å²) in [5.41, 5.74) is 5.64. The van der Waals surface area contributed by atoms with Gasteiger partial charge in [-0.15, -0.1) is 4.52 Å². The third-order valence-corrected chi connectivity index (χ3v) is 3.02. The van der Waals surface area contributed by atoms with E-state index in [2.05, 4.69) is 12.6 Å². The average Bonchev–Trinajstić information content (AvgIpc) is 1.99. The second kappa shape index (κ2) is 5.97. The predicted molar refractivity (Wildman–Crippen MR) is 59.5 cm³/mol. The minimum absolute atomic E-state index is 0.447. The number of hydrogen-bond acceptors (Lipinski definition) is 4. The summed E-state index contributed by atoms with van der Waals surface area (Å²) < 4.78 is 16.0. The van der Waals surface area contributed by atoms with Crippen LogP contribution in [0.25, 0.3) is 0 Å². The third kappa shape index (κ3) is 6.44. The van der Waals surface area contributed by atoms with Gasteiger partial charge < -0.3 is 5.73 Å². The summed E-state index contributed by atoms with van der Waals surface area (Å²) in [5.74, 6) is 0. The normalized spacial score (nSPS) is 15.6. The number of thiol groups is 1. The van der Waals surface area contributed by atoms with Gasteiger partial charge in [-0.25, -0.2) is 0 Å². The van der Waals surface area contributed by atoms with Crippen molar-refractivity contribution in [3.8, 4) is 0 Å². The van der Waals surface area contributed by atoms with Gasteiger partial charge in [0.2, 0.25) is 0 Å². The lowest BCUT2D eigenvalue weighted by Crippen LogP contribution is -2.39. The Bertz CT molecular complexity index is 170. The van der Waals surface area contributed by atoms with Crippen LogP contribution in [0.4, 0.5) is 0 Å². The van der Waals surface area contributed by atoms with E-state index in [9.17, 15) is 4.57 Å². The molecule has 0 saturated heterocycles. The van der Waals surface area contributed by atoms with Crippen molar-refractivity contribution in [3.05, 3.63) is 0 Å². The summed E-state index contributed by atoms with van der Waals surface area (Å²) in [5, 5.41) is 0. The van der Waals surface area contributed by atoms with Crippen LogP contribution in [0.5, 0.6) is 0 Å². The second-order valence-electron chi connectivity index (χ2n) is 3.59. The molecule has 0 fully saturated rings. The van der Waals surface area contributed by atoms with Crippen LogP contribution in [-0.2, 0) is 9.09 Å². The first-order chi connectivity index (χ1) is 5.88. The fraction of sp³-hybridized carbons (Fsp3) is 1.00. The fourth-order valence-corrected chi connectivity index (χ4v) is 1.93. The minimum Gasteiger partial charge on any atom is -0.301 e. The summed E-state index contributed by atoms with van der Waals surface area (Å²) in [6.45, 7) is 5.72. The summed E-state index contributed by atoms with van der Waals surface area (Å²) in [7, 11) is -1.61. The molecule has 0 heterocycles. The summed E-state index contributed by atoms with van der Waals surface area (Å²) in [4.78, 5) is 0. The molecule has 78 valence electrons. The lowest BCUT2D eigenvalue weighted by atomic mass is 10.2. The van der Waals surface area contributed by atoms with Gasteiger partial charge in [-0.05, 0) is 24.8 Å². The fourth-order valence-electron chi connectivity index (χ4n) is 0.596. The van der Waals surface area contributed by atoms with Crippen molar-refractivity contribution >= 4 is 20.7 Å². The molecular weight excluding hydrogens is 205 g/mol. The number of nitrogens with two attached hydrogens (primary N) is 1. The van der Waals surface area contributed by atoms with Crippen LogP contribution in [0.1, 0.15) is 33.6 Å². The molecule has 0 aliphatic heterocycles. The van der Waals surface area contributed by atoms with Gasteiger partial charge in [-0.1, -0.05) is 13.3 Å². The molecule has 2 atom stereocenters. The highest BCUT2D eigenvalue weighted by Crippen LogP contribution is 2.29. The standard InChI is InChI=1S/C8H18NO2PS/c1-4-5-6-12(10)11-7(9)8(2,3)13/h7H,4-6,9H2,1-3H3/p+1. The van der Waals surface area contributed by atoms with Gasteiger partial charge in [-0.3, -0.25) is 0 Å². The van der Waals surface area contributed by atoms with Crippen molar-refractivity contribution in [1.29, 1.82) is 0 Å². The molecule has 0 aliphatic rings. The third-order valence-electron chi connectivity index (χ3n) is 1.62. The average molecular weight is 224 g/mol. The zero-order chi connectivity index (χ0) is 10.5. The molecule has 2 N–H and O–H groups in total. The van der Waals surface area contributed by atoms with Crippen molar-refractivity contribution in [3.63, 3.8) is 0 Å². The molecule has 0 radical (unpaired) electrons. The van der Waals surface area contributed by atoms with Crippen molar-refractivity contribution in [2.24, 2.45) is 5.73 Å². The monoisotopic (exact) mass is 224 g/mol. The maximum atomic E-state index is 11.3. The van der Waals surface area contributed by atoms with Crippen molar-refractivity contribution in [1.82, 2.24) is 0 Å². The molecule has 3 nitrogen and oxygen atoms in total. The summed E-state index contributed by atoms with van der Waals surface area (Å²) in [6.07, 6.45) is 1.94. The molecule has 0 aromatic heterocycles. The number of rotatable bonds is 6. The molecule has 0 saturated carbocycles. The lowest BCUT2D eigenvalue weighted by molar-refractivity contribution is 0.188. The van der Waals surface area contributed by atoms with Crippen LogP contribution in [-0.4, -0.2) is 17.1 Å². The molecule has 0 bridgehead atoms. The van der Waals surface area contributed by atoms with E-state index in [0.717, 1.165) is 12.8 Å². The molecule has 0 amide bonds. The molecule has 0 rings (SSSR count). The lowest BCUT2D eigenvalue weighted by Gasteiger charge is -2.20. The Hall–Kier alpha value is 0.370. The Balaban J connectivity index is 3.79. The van der Waals surface area contributed by atoms with E-state index in [4.69, 9.17) is 10.3 Å². The maximum absolute atomic E-state index is 11.3. The van der Waals surface area contributed by atoms with Gasteiger partial charge in [0.05, 0.1) is 4.75 Å². The number of unbranched alkanes of at least 4 members (excludes halogenated alkanes) is 1. The molecule has 0 aromatic carbocycles. The Morgan fingerprint density at radius 1 is 1.62 bits per heavy atom. The van der Waals surface area contributed by atoms with Gasteiger partial charge in [0, 0.05) is 0 Å². The highest BCUT2D eigenvalue weighted by molar-refractivity contribution is 7.81. The van der Waals surface area contributed by atoms with E-state index < -0.39 is 19.0 Å². The smallest absolute Gasteiger partial charge is 0.301 e. The van der Waals surface area contributed by atoms with Crippen molar-refractivity contribution in [2.75, 3.05) is 6.16 Å². The largest absolute Gasteiger partial charge is 0.509 e. The van der Waals surface area contributed by atoms with Gasteiger partial charge >= 0.3 is 8.03 Å². The first-order valence-corrected chi connectivity index (χ1v) is 6.28. The Morgan fingerprint density at radius 3 is 2.54 bits per heavy atom. The van der Waals surface area contributed by atoms with E-state index in [1.807, 2.05) is 20.8 Å². The van der Waals surface area contributed by atoms with Crippen LogP contribution < -0.4 is 5.73 Å². The van der Waals surface area contributed by atoms with Crippen LogP contribution in [0.3, 0.4) is 0 Å². The highest BCUT2D eigenvalue weighted by atomic mass is 32.1. The Kier molecular flexibility index (Phi) is 6.14. The van der Waals surface area contributed by atoms with Crippen molar-refractivity contribution < 1.29 is 9.09 Å². The quantitative estimate of drug-likeness (QED) is 0.414. The minimum atomic E-state index is -1.61. The van der Waals surface area contributed by atoms with Crippen LogP contribution in [0.15, 0.2) is 0 Å². The Morgan fingerprint density at radius 2 is 2.15 bits per heavy atom. The predicted octanol–water partition coefficient (Wildman–Crippen LogP) is 2.54. The second-order valence-corrected chi connectivity index (χ2v) is 6.07. The van der Waals surface area contributed by atoms with Gasteiger partial charge in [0.1, 0.15) is 0 Å². The zero-order valence-corrected chi connectivity index (χ0v) is 10.3. The molecule has 2 unspecified atom stereocenters. The highest BCUT2D eigenvalue weighted by Gasteiger charge is 2.31. The van der Waals surface area contributed by atoms with E-state index in [1.165, 1.54) is 0 Å². The van der Waals surface area contributed by atoms with E-state index in [0.29, 0.717) is 6.16 Å². The SMILES string of the molecule is CCCC[P+](=O)OC(N)C(C)(C)S. The molecule has 0 aliphatic carbocycles. The molecule has 0 aromatic rings. The van der Waals surface area contributed by atoms with Crippen LogP contribution in [0.2, 0.25) is 0 Å². The topological polar surface area (TPSA) is 52.3 Å². The molecule has 5 heteroatoms. The summed E-state index contributed by atoms with van der Waals surface area (Å²) >= 11 is 4.24. The van der Waals surface area contributed by atoms with E-state index in [1.54, 1.807) is 0 Å². The first kappa shape index (κ1) is 13.4.